The molecular weight excluding hydrogens is 266 g/mol. The van der Waals surface area contributed by atoms with E-state index in [1.807, 2.05) is 0 Å². The predicted octanol–water partition coefficient (Wildman–Crippen LogP) is -3.01. The van der Waals surface area contributed by atoms with Crippen molar-refractivity contribution >= 4 is 31.5 Å². The summed E-state index contributed by atoms with van der Waals surface area (Å²) in [6.45, 7) is 3.35. The molecule has 0 bridgehead atoms. The number of rotatable bonds is 4. The smallest absolute Gasteiger partial charge is 0.625 e. The second-order valence-corrected chi connectivity index (χ2v) is 3.73. The Morgan fingerprint density at radius 2 is 1.26 bits per heavy atom. The number of hydrogen-bond donors (Lipinski definition) is 0. The van der Waals surface area contributed by atoms with Crippen LogP contribution in [0.4, 0.5) is 0 Å². The molecule has 0 radical (unpaired) electrons. The SMILES string of the molecule is CC(=O)O[BH-](OC(C)=O)OC(C)=O.O=CC1CC1.[Na+]. The van der Waals surface area contributed by atoms with Gasteiger partial charge in [0, 0.05) is 26.7 Å². The third kappa shape index (κ3) is 15.1. The number of carbonyl (C=O) groups is 4. The monoisotopic (exact) mass is 282 g/mol. The summed E-state index contributed by atoms with van der Waals surface area (Å²) < 4.78 is 13.3. The molecule has 1 fully saturated rings. The Labute approximate surface area is 133 Å². The molecule has 102 valence electrons. The first-order valence-electron chi connectivity index (χ1n) is 5.48. The van der Waals surface area contributed by atoms with Gasteiger partial charge in [0.05, 0.1) is 0 Å². The maximum atomic E-state index is 10.4. The van der Waals surface area contributed by atoms with Gasteiger partial charge in [0.15, 0.2) is 0 Å². The maximum Gasteiger partial charge on any atom is 1.00 e. The van der Waals surface area contributed by atoms with Crippen LogP contribution in [-0.2, 0) is 33.1 Å². The summed E-state index contributed by atoms with van der Waals surface area (Å²) >= 11 is 0. The average molecular weight is 282 g/mol. The van der Waals surface area contributed by atoms with Crippen molar-refractivity contribution < 1.29 is 62.7 Å². The zero-order valence-electron chi connectivity index (χ0n) is 11.6. The molecule has 1 saturated carbocycles. The van der Waals surface area contributed by atoms with E-state index < -0.39 is 25.2 Å². The quantitative estimate of drug-likeness (QED) is 0.400. The van der Waals surface area contributed by atoms with Gasteiger partial charge in [-0.2, -0.15) is 0 Å². The minimum atomic E-state index is -2.41. The number of aldehydes is 1. The van der Waals surface area contributed by atoms with Gasteiger partial charge < -0.3 is 18.8 Å². The summed E-state index contributed by atoms with van der Waals surface area (Å²) in [7, 11) is -2.41. The molecule has 0 aromatic carbocycles. The molecule has 0 heterocycles. The fourth-order valence-corrected chi connectivity index (χ4v) is 0.819. The van der Waals surface area contributed by atoms with E-state index in [4.69, 9.17) is 0 Å². The van der Waals surface area contributed by atoms with Crippen molar-refractivity contribution in [1.29, 1.82) is 0 Å². The van der Waals surface area contributed by atoms with Gasteiger partial charge in [-0.1, -0.05) is 0 Å². The van der Waals surface area contributed by atoms with Crippen molar-refractivity contribution in [3.63, 3.8) is 0 Å². The molecule has 0 aromatic heterocycles. The van der Waals surface area contributed by atoms with E-state index in [0.29, 0.717) is 5.92 Å². The van der Waals surface area contributed by atoms with Gasteiger partial charge in [0.25, 0.3) is 17.9 Å². The molecule has 0 aliphatic heterocycles. The van der Waals surface area contributed by atoms with Gasteiger partial charge in [0.2, 0.25) is 0 Å². The molecule has 0 N–H and O–H groups in total. The Kier molecular flexibility index (Phi) is 11.9. The van der Waals surface area contributed by atoms with Crippen molar-refractivity contribution in [2.24, 2.45) is 5.92 Å². The summed E-state index contributed by atoms with van der Waals surface area (Å²) in [5.41, 5.74) is 0. The summed E-state index contributed by atoms with van der Waals surface area (Å²) in [5, 5.41) is 0. The second-order valence-electron chi connectivity index (χ2n) is 3.73. The molecule has 0 saturated heterocycles. The van der Waals surface area contributed by atoms with Gasteiger partial charge in [-0.15, -0.1) is 0 Å². The van der Waals surface area contributed by atoms with Gasteiger partial charge in [-0.3, -0.25) is 14.4 Å². The average Bonchev–Trinajstić information content (AvgIpc) is 2.97. The van der Waals surface area contributed by atoms with Crippen molar-refractivity contribution in [3.05, 3.63) is 0 Å². The molecule has 9 heteroatoms. The first kappa shape index (κ1) is 20.5. The third-order valence-electron chi connectivity index (χ3n) is 1.78. The maximum absolute atomic E-state index is 10.4. The summed E-state index contributed by atoms with van der Waals surface area (Å²) in [6, 6.07) is 0. The number of hydrogen-bond acceptors (Lipinski definition) is 7. The van der Waals surface area contributed by atoms with E-state index in [0.717, 1.165) is 39.9 Å². The molecule has 0 aromatic rings. The van der Waals surface area contributed by atoms with Crippen LogP contribution in [-0.4, -0.2) is 31.5 Å². The zero-order valence-corrected chi connectivity index (χ0v) is 13.6. The van der Waals surface area contributed by atoms with Crippen LogP contribution in [0.15, 0.2) is 0 Å². The molecule has 0 atom stereocenters. The first-order chi connectivity index (χ1) is 8.35. The minimum absolute atomic E-state index is 0. The van der Waals surface area contributed by atoms with E-state index in [1.54, 1.807) is 0 Å². The van der Waals surface area contributed by atoms with Crippen molar-refractivity contribution in [3.8, 4) is 0 Å². The fourth-order valence-electron chi connectivity index (χ4n) is 0.819. The van der Waals surface area contributed by atoms with Gasteiger partial charge >= 0.3 is 36.9 Å². The molecule has 0 amide bonds. The van der Waals surface area contributed by atoms with Crippen LogP contribution in [0.5, 0.6) is 0 Å². The fraction of sp³-hybridized carbons (Fsp3) is 0.600. The Hall–Kier alpha value is -0.855. The molecule has 7 nitrogen and oxygen atoms in total. The van der Waals surface area contributed by atoms with Crippen LogP contribution in [0.2, 0.25) is 0 Å². The molecule has 19 heavy (non-hydrogen) atoms. The predicted molar refractivity (Wildman–Crippen MR) is 61.2 cm³/mol. The normalized spacial score (nSPS) is 12.2. The van der Waals surface area contributed by atoms with E-state index in [1.165, 1.54) is 0 Å². The second kappa shape index (κ2) is 11.0. The summed E-state index contributed by atoms with van der Waals surface area (Å²) in [5.74, 6) is -1.58. The van der Waals surface area contributed by atoms with Gasteiger partial charge in [-0.25, -0.2) is 0 Å². The van der Waals surface area contributed by atoms with Crippen molar-refractivity contribution in [2.45, 2.75) is 33.6 Å². The van der Waals surface area contributed by atoms with Crippen LogP contribution in [0.3, 0.4) is 0 Å². The first-order valence-corrected chi connectivity index (χ1v) is 5.48. The van der Waals surface area contributed by atoms with E-state index in [-0.39, 0.29) is 29.6 Å². The van der Waals surface area contributed by atoms with Crippen LogP contribution < -0.4 is 29.6 Å². The zero-order chi connectivity index (χ0) is 14.1. The standard InChI is InChI=1S/C6H10BO6.C4H6O.Na/c1-4(8)11-7(12-5(2)9)13-6(3)10;5-3-4-1-2-4;/h7H,1-3H3;3-4H,1-2H2;/q-1;;+1. The third-order valence-corrected chi connectivity index (χ3v) is 1.78. The molecule has 1 aliphatic rings. The molecule has 1 rings (SSSR count). The van der Waals surface area contributed by atoms with Crippen molar-refractivity contribution in [2.75, 3.05) is 0 Å². The number of carbonyl (C=O) groups excluding carboxylic acids is 4. The van der Waals surface area contributed by atoms with Gasteiger partial charge in [0.1, 0.15) is 6.29 Å². The summed E-state index contributed by atoms with van der Waals surface area (Å²) in [4.78, 5) is 40.9. The Morgan fingerprint density at radius 1 is 0.947 bits per heavy atom. The minimum Gasteiger partial charge on any atom is -0.625 e. The van der Waals surface area contributed by atoms with Crippen LogP contribution in [0, 0.1) is 5.92 Å². The largest absolute Gasteiger partial charge is 1.00 e. The van der Waals surface area contributed by atoms with Crippen LogP contribution in [0.25, 0.3) is 0 Å². The van der Waals surface area contributed by atoms with E-state index in [2.05, 4.69) is 14.0 Å². The Bertz CT molecular complexity index is 292. The molecule has 0 spiro atoms. The van der Waals surface area contributed by atoms with E-state index >= 15 is 0 Å². The summed E-state index contributed by atoms with van der Waals surface area (Å²) in [6.07, 6.45) is 3.31. The molecule has 0 unspecified atom stereocenters. The van der Waals surface area contributed by atoms with Crippen LogP contribution in [0.1, 0.15) is 33.6 Å². The topological polar surface area (TPSA) is 96.0 Å². The Balaban J connectivity index is 0. The molecular formula is C10H16BNaO7. The van der Waals surface area contributed by atoms with Crippen molar-refractivity contribution in [1.82, 2.24) is 0 Å². The van der Waals surface area contributed by atoms with Gasteiger partial charge in [-0.05, 0) is 12.8 Å². The van der Waals surface area contributed by atoms with E-state index in [9.17, 15) is 19.2 Å². The molecule has 1 aliphatic carbocycles. The van der Waals surface area contributed by atoms with Crippen LogP contribution >= 0.6 is 0 Å². The Morgan fingerprint density at radius 3 is 1.37 bits per heavy atom.